The molecular formula is C31H30BrCl2N3O3. The van der Waals surface area contributed by atoms with Crippen LogP contribution in [0.25, 0.3) is 10.9 Å². The van der Waals surface area contributed by atoms with Crippen LogP contribution in [0.3, 0.4) is 0 Å². The monoisotopic (exact) mass is 641 g/mol. The Morgan fingerprint density at radius 2 is 1.90 bits per heavy atom. The maximum atomic E-state index is 13.5. The lowest BCUT2D eigenvalue weighted by Gasteiger charge is -2.17. The highest BCUT2D eigenvalue weighted by molar-refractivity contribution is 9.10. The van der Waals surface area contributed by atoms with Gasteiger partial charge in [-0.15, -0.1) is 6.58 Å². The van der Waals surface area contributed by atoms with Crippen molar-refractivity contribution in [2.24, 2.45) is 5.10 Å². The van der Waals surface area contributed by atoms with Gasteiger partial charge < -0.3 is 9.47 Å². The zero-order valence-electron chi connectivity index (χ0n) is 22.4. The Kier molecular flexibility index (Phi) is 10.4. The largest absolute Gasteiger partial charge is 0.490 e. The molecular weight excluding hydrogens is 613 g/mol. The van der Waals surface area contributed by atoms with Crippen molar-refractivity contribution in [1.29, 1.82) is 0 Å². The minimum Gasteiger partial charge on any atom is -0.490 e. The van der Waals surface area contributed by atoms with Gasteiger partial charge in [0.05, 0.1) is 23.7 Å². The lowest BCUT2D eigenvalue weighted by molar-refractivity contribution is 0.267. The van der Waals surface area contributed by atoms with Crippen molar-refractivity contribution >= 4 is 56.2 Å². The van der Waals surface area contributed by atoms with Crippen molar-refractivity contribution in [2.45, 2.75) is 46.1 Å². The van der Waals surface area contributed by atoms with Crippen LogP contribution >= 0.6 is 39.1 Å². The third-order valence-electron chi connectivity index (χ3n) is 6.16. The lowest BCUT2D eigenvalue weighted by Crippen LogP contribution is -2.22. The Morgan fingerprint density at radius 3 is 2.62 bits per heavy atom. The van der Waals surface area contributed by atoms with Gasteiger partial charge in [0.1, 0.15) is 12.4 Å². The van der Waals surface area contributed by atoms with Gasteiger partial charge in [-0.3, -0.25) is 4.79 Å². The molecule has 1 aromatic heterocycles. The van der Waals surface area contributed by atoms with Crippen LogP contribution in [0.5, 0.6) is 11.5 Å². The van der Waals surface area contributed by atoms with E-state index in [4.69, 9.17) is 37.7 Å². The summed E-state index contributed by atoms with van der Waals surface area (Å²) in [6.45, 7) is 8.59. The van der Waals surface area contributed by atoms with E-state index in [1.807, 2.05) is 37.3 Å². The Hall–Kier alpha value is -3.13. The number of unbranched alkanes of at least 4 members (excludes halogenated alkanes) is 1. The predicted molar refractivity (Wildman–Crippen MR) is 168 cm³/mol. The first-order valence-corrected chi connectivity index (χ1v) is 14.6. The van der Waals surface area contributed by atoms with E-state index in [9.17, 15) is 4.79 Å². The summed E-state index contributed by atoms with van der Waals surface area (Å²) < 4.78 is 14.4. The standard InChI is InChI=1S/C31H30BrCl2N3O3/c1-4-7-9-29-36-27-13-11-23(32)16-25(27)31(38)37(29)35-18-20-14-21(8-5-2)30(28(15-20)39-6-3)40-19-22-10-12-24(33)17-26(22)34/h5,10-18H,2,4,6-9,19H2,1,3H3. The van der Waals surface area contributed by atoms with E-state index in [0.29, 0.717) is 57.7 Å². The van der Waals surface area contributed by atoms with Gasteiger partial charge in [-0.1, -0.05) is 64.6 Å². The normalized spacial score (nSPS) is 11.3. The number of allylic oxidation sites excluding steroid dienone is 1. The molecule has 0 aliphatic carbocycles. The van der Waals surface area contributed by atoms with Crippen molar-refractivity contribution in [3.8, 4) is 11.5 Å². The van der Waals surface area contributed by atoms with Crippen LogP contribution in [0.1, 0.15) is 49.2 Å². The molecule has 0 unspecified atom stereocenters. The van der Waals surface area contributed by atoms with E-state index >= 15 is 0 Å². The highest BCUT2D eigenvalue weighted by atomic mass is 79.9. The second kappa shape index (κ2) is 14.0. The van der Waals surface area contributed by atoms with Crippen molar-refractivity contribution in [3.05, 3.63) is 109 Å². The molecule has 0 N–H and O–H groups in total. The minimum atomic E-state index is -0.218. The van der Waals surface area contributed by atoms with Gasteiger partial charge in [-0.2, -0.15) is 9.78 Å². The number of aromatic nitrogens is 2. The van der Waals surface area contributed by atoms with Crippen LogP contribution < -0.4 is 15.0 Å². The molecule has 4 rings (SSSR count). The third kappa shape index (κ3) is 7.14. The summed E-state index contributed by atoms with van der Waals surface area (Å²) in [6, 6.07) is 14.6. The maximum absolute atomic E-state index is 13.5. The molecule has 0 bridgehead atoms. The summed E-state index contributed by atoms with van der Waals surface area (Å²) >= 11 is 15.9. The van der Waals surface area contributed by atoms with Gasteiger partial charge in [-0.05, 0) is 67.8 Å². The first kappa shape index (κ1) is 29.8. The number of hydrogen-bond acceptors (Lipinski definition) is 5. The van der Waals surface area contributed by atoms with E-state index < -0.39 is 0 Å². The number of ether oxygens (including phenoxy) is 2. The lowest BCUT2D eigenvalue weighted by atomic mass is 10.1. The molecule has 0 radical (unpaired) electrons. The van der Waals surface area contributed by atoms with E-state index in [1.165, 1.54) is 4.68 Å². The molecule has 0 spiro atoms. The number of hydrogen-bond donors (Lipinski definition) is 0. The van der Waals surface area contributed by atoms with Crippen LogP contribution in [-0.4, -0.2) is 22.5 Å². The Bertz CT molecular complexity index is 1620. The van der Waals surface area contributed by atoms with Gasteiger partial charge in [0.25, 0.3) is 5.56 Å². The summed E-state index contributed by atoms with van der Waals surface area (Å²) in [5.74, 6) is 1.78. The zero-order valence-corrected chi connectivity index (χ0v) is 25.5. The van der Waals surface area contributed by atoms with Crippen LogP contribution in [0.15, 0.2) is 75.6 Å². The third-order valence-corrected chi connectivity index (χ3v) is 7.24. The Balaban J connectivity index is 1.74. The van der Waals surface area contributed by atoms with Gasteiger partial charge in [0, 0.05) is 32.1 Å². The number of halogens is 3. The number of aryl methyl sites for hydroxylation is 1. The number of rotatable bonds is 12. The second-order valence-corrected chi connectivity index (χ2v) is 10.9. The molecule has 6 nitrogen and oxygen atoms in total. The molecule has 0 aliphatic heterocycles. The fourth-order valence-corrected chi connectivity index (χ4v) is 5.04. The van der Waals surface area contributed by atoms with Gasteiger partial charge in [-0.25, -0.2) is 4.98 Å². The molecule has 0 saturated heterocycles. The average Bonchev–Trinajstić information content (AvgIpc) is 2.92. The van der Waals surface area contributed by atoms with Crippen LogP contribution in [0.4, 0.5) is 0 Å². The molecule has 0 fully saturated rings. The van der Waals surface area contributed by atoms with E-state index in [-0.39, 0.29) is 12.2 Å². The number of benzene rings is 3. The predicted octanol–water partition coefficient (Wildman–Crippen LogP) is 8.40. The molecule has 4 aromatic rings. The fourth-order valence-electron chi connectivity index (χ4n) is 4.22. The van der Waals surface area contributed by atoms with Gasteiger partial charge in [0.2, 0.25) is 0 Å². The van der Waals surface area contributed by atoms with Gasteiger partial charge >= 0.3 is 0 Å². The Labute approximate surface area is 252 Å². The molecule has 3 aromatic carbocycles. The quantitative estimate of drug-likeness (QED) is 0.115. The highest BCUT2D eigenvalue weighted by Gasteiger charge is 2.15. The smallest absolute Gasteiger partial charge is 0.282 e. The van der Waals surface area contributed by atoms with E-state index in [1.54, 1.807) is 30.5 Å². The molecule has 9 heteroatoms. The first-order valence-electron chi connectivity index (χ1n) is 13.1. The molecule has 0 aliphatic rings. The summed E-state index contributed by atoms with van der Waals surface area (Å²) in [7, 11) is 0. The summed E-state index contributed by atoms with van der Waals surface area (Å²) in [4.78, 5) is 18.2. The van der Waals surface area contributed by atoms with Gasteiger partial charge in [0.15, 0.2) is 11.5 Å². The van der Waals surface area contributed by atoms with Crippen molar-refractivity contribution in [3.63, 3.8) is 0 Å². The highest BCUT2D eigenvalue weighted by Crippen LogP contribution is 2.35. The fraction of sp³-hybridized carbons (Fsp3) is 0.258. The Morgan fingerprint density at radius 1 is 1.07 bits per heavy atom. The van der Waals surface area contributed by atoms with E-state index in [2.05, 4.69) is 34.5 Å². The van der Waals surface area contributed by atoms with E-state index in [0.717, 1.165) is 34.0 Å². The van der Waals surface area contributed by atoms with Crippen LogP contribution in [0.2, 0.25) is 10.0 Å². The second-order valence-electron chi connectivity index (χ2n) is 9.11. The van der Waals surface area contributed by atoms with Crippen LogP contribution in [0, 0.1) is 0 Å². The average molecular weight is 643 g/mol. The molecule has 0 atom stereocenters. The SMILES string of the molecule is C=CCc1cc(C=Nn2c(CCCC)nc3ccc(Br)cc3c2=O)cc(OCC)c1OCc1ccc(Cl)cc1Cl. The van der Waals surface area contributed by atoms with Crippen LogP contribution in [-0.2, 0) is 19.4 Å². The minimum absolute atomic E-state index is 0.218. The zero-order chi connectivity index (χ0) is 28.6. The molecule has 0 saturated carbocycles. The molecule has 1 heterocycles. The molecule has 40 heavy (non-hydrogen) atoms. The summed E-state index contributed by atoms with van der Waals surface area (Å²) in [5.41, 5.74) is 2.86. The number of nitrogens with zero attached hydrogens (tertiary/aromatic N) is 3. The topological polar surface area (TPSA) is 65.7 Å². The first-order chi connectivity index (χ1) is 19.3. The molecule has 0 amide bonds. The maximum Gasteiger partial charge on any atom is 0.282 e. The van der Waals surface area contributed by atoms with Crippen molar-refractivity contribution in [2.75, 3.05) is 6.61 Å². The summed E-state index contributed by atoms with van der Waals surface area (Å²) in [6.07, 6.45) is 6.50. The molecule has 208 valence electrons. The van der Waals surface area contributed by atoms with Crippen molar-refractivity contribution in [1.82, 2.24) is 9.66 Å². The van der Waals surface area contributed by atoms with Crippen molar-refractivity contribution < 1.29 is 9.47 Å². The number of fused-ring (bicyclic) bond motifs is 1. The summed E-state index contributed by atoms with van der Waals surface area (Å²) in [5, 5.41) is 6.19.